The number of aromatic nitrogens is 1. The summed E-state index contributed by atoms with van der Waals surface area (Å²) in [5.41, 5.74) is 1.67. The minimum Gasteiger partial charge on any atom is -0.298 e. The number of carbonyl (C=O) groups is 1. The van der Waals surface area contributed by atoms with Gasteiger partial charge in [0.2, 0.25) is 0 Å². The van der Waals surface area contributed by atoms with E-state index >= 15 is 0 Å². The maximum Gasteiger partial charge on any atom is 0.258 e. The summed E-state index contributed by atoms with van der Waals surface area (Å²) in [7, 11) is 0. The van der Waals surface area contributed by atoms with Crippen LogP contribution in [0, 0.1) is 0 Å². The molecule has 2 aromatic heterocycles. The average Bonchev–Trinajstić information content (AvgIpc) is 2.86. The first kappa shape index (κ1) is 12.7. The molecule has 0 spiro atoms. The lowest BCUT2D eigenvalue weighted by Gasteiger charge is -1.99. The van der Waals surface area contributed by atoms with Gasteiger partial charge in [0.05, 0.1) is 15.0 Å². The largest absolute Gasteiger partial charge is 0.298 e. The molecule has 6 heteroatoms. The van der Waals surface area contributed by atoms with E-state index in [0.717, 1.165) is 9.48 Å². The summed E-state index contributed by atoms with van der Waals surface area (Å²) in [5, 5.41) is 7.25. The monoisotopic (exact) mass is 330 g/mol. The highest BCUT2D eigenvalue weighted by molar-refractivity contribution is 9.11. The fourth-order valence-electron chi connectivity index (χ4n) is 1.21. The fraction of sp³-hybridized carbons (Fsp3) is 0.273. The molecule has 17 heavy (non-hydrogen) atoms. The molecule has 0 atom stereocenters. The van der Waals surface area contributed by atoms with Crippen LogP contribution in [0.5, 0.6) is 0 Å². The van der Waals surface area contributed by atoms with Crippen molar-refractivity contribution in [3.63, 3.8) is 0 Å². The molecule has 0 aliphatic heterocycles. The summed E-state index contributed by atoms with van der Waals surface area (Å²) in [6, 6.07) is 1.80. The van der Waals surface area contributed by atoms with E-state index in [0.29, 0.717) is 16.6 Å². The molecule has 1 amide bonds. The number of anilines is 1. The molecule has 1 N–H and O–H groups in total. The minimum absolute atomic E-state index is 0.114. The molecule has 0 saturated carbocycles. The second-order valence-electron chi connectivity index (χ2n) is 3.83. The average molecular weight is 331 g/mol. The number of hydrogen-bond acceptors (Lipinski definition) is 4. The van der Waals surface area contributed by atoms with Gasteiger partial charge >= 0.3 is 0 Å². The van der Waals surface area contributed by atoms with Crippen LogP contribution in [0.4, 0.5) is 5.13 Å². The third kappa shape index (κ3) is 3.14. The predicted octanol–water partition coefficient (Wildman–Crippen LogP) is 4.34. The van der Waals surface area contributed by atoms with Gasteiger partial charge in [0.1, 0.15) is 0 Å². The van der Waals surface area contributed by atoms with Gasteiger partial charge in [-0.05, 0) is 27.9 Å². The van der Waals surface area contributed by atoms with Gasteiger partial charge in [-0.3, -0.25) is 10.1 Å². The van der Waals surface area contributed by atoms with Crippen LogP contribution in [-0.2, 0) is 0 Å². The molecule has 2 heterocycles. The van der Waals surface area contributed by atoms with E-state index in [9.17, 15) is 4.79 Å². The Morgan fingerprint density at radius 2 is 2.18 bits per heavy atom. The predicted molar refractivity (Wildman–Crippen MR) is 76.2 cm³/mol. The Bertz CT molecular complexity index is 533. The van der Waals surface area contributed by atoms with Crippen molar-refractivity contribution in [2.45, 2.75) is 19.8 Å². The molecular weight excluding hydrogens is 320 g/mol. The molecule has 0 aromatic carbocycles. The van der Waals surface area contributed by atoms with Gasteiger partial charge in [-0.2, -0.15) is 0 Å². The van der Waals surface area contributed by atoms with Gasteiger partial charge in [0, 0.05) is 10.8 Å². The maximum atomic E-state index is 11.8. The van der Waals surface area contributed by atoms with Crippen molar-refractivity contribution in [1.29, 1.82) is 0 Å². The molecule has 2 rings (SSSR count). The minimum atomic E-state index is -0.114. The summed E-state index contributed by atoms with van der Waals surface area (Å²) in [6.07, 6.45) is 0. The highest BCUT2D eigenvalue weighted by Crippen LogP contribution is 2.24. The van der Waals surface area contributed by atoms with Crippen molar-refractivity contribution in [1.82, 2.24) is 4.98 Å². The van der Waals surface area contributed by atoms with Gasteiger partial charge in [0.15, 0.2) is 5.13 Å². The lowest BCUT2D eigenvalue weighted by Crippen LogP contribution is -2.10. The number of nitrogens with zero attached hydrogens (tertiary/aromatic N) is 1. The molecule has 2 aromatic rings. The number of carbonyl (C=O) groups excluding carboxylic acids is 1. The summed E-state index contributed by atoms with van der Waals surface area (Å²) in [6.45, 7) is 4.16. The third-order valence-corrected chi connectivity index (χ3v) is 4.44. The van der Waals surface area contributed by atoms with Crippen molar-refractivity contribution in [2.75, 3.05) is 5.32 Å². The van der Waals surface area contributed by atoms with Crippen LogP contribution >= 0.6 is 38.6 Å². The molecule has 3 nitrogen and oxygen atoms in total. The first-order valence-corrected chi connectivity index (χ1v) is 7.62. The van der Waals surface area contributed by atoms with E-state index in [-0.39, 0.29) is 5.91 Å². The first-order chi connectivity index (χ1) is 8.06. The summed E-state index contributed by atoms with van der Waals surface area (Å²) >= 11 is 6.28. The number of thiazole rings is 1. The van der Waals surface area contributed by atoms with E-state index in [4.69, 9.17) is 0 Å². The Morgan fingerprint density at radius 1 is 1.41 bits per heavy atom. The number of nitrogens with one attached hydrogen (secondary N) is 1. The molecule has 0 radical (unpaired) electrons. The second kappa shape index (κ2) is 5.29. The Balaban J connectivity index is 2.07. The van der Waals surface area contributed by atoms with Gasteiger partial charge in [-0.15, -0.1) is 22.7 Å². The number of halogens is 1. The highest BCUT2D eigenvalue weighted by atomic mass is 79.9. The third-order valence-electron chi connectivity index (χ3n) is 2.16. The summed E-state index contributed by atoms with van der Waals surface area (Å²) in [5.74, 6) is 0.267. The van der Waals surface area contributed by atoms with E-state index in [1.54, 1.807) is 6.07 Å². The van der Waals surface area contributed by atoms with Crippen molar-refractivity contribution >= 4 is 49.6 Å². The Morgan fingerprint density at radius 3 is 2.71 bits per heavy atom. The quantitative estimate of drug-likeness (QED) is 0.909. The molecule has 0 bridgehead atoms. The van der Waals surface area contributed by atoms with Crippen LogP contribution in [0.2, 0.25) is 0 Å². The van der Waals surface area contributed by atoms with Crippen molar-refractivity contribution in [3.8, 4) is 0 Å². The molecular formula is C11H11BrN2OS2. The maximum absolute atomic E-state index is 11.8. The number of amides is 1. The zero-order valence-electron chi connectivity index (χ0n) is 9.36. The van der Waals surface area contributed by atoms with Crippen LogP contribution in [0.25, 0.3) is 0 Å². The molecule has 0 saturated heterocycles. The standard InChI is InChI=1S/C11H11BrN2OS2/c1-6(2)8-5-17-11(13-8)14-10(15)7-3-9(12)16-4-7/h3-6H,1-2H3,(H,13,14,15). The normalized spacial score (nSPS) is 10.8. The first-order valence-electron chi connectivity index (χ1n) is 5.07. The lowest BCUT2D eigenvalue weighted by molar-refractivity contribution is 0.102. The molecule has 0 aliphatic carbocycles. The van der Waals surface area contributed by atoms with Crippen LogP contribution in [0.1, 0.15) is 35.8 Å². The van der Waals surface area contributed by atoms with E-state index < -0.39 is 0 Å². The zero-order valence-corrected chi connectivity index (χ0v) is 12.6. The number of rotatable bonds is 3. The fourth-order valence-corrected chi connectivity index (χ4v) is 3.21. The van der Waals surface area contributed by atoms with Gasteiger partial charge < -0.3 is 0 Å². The zero-order chi connectivity index (χ0) is 12.4. The highest BCUT2D eigenvalue weighted by Gasteiger charge is 2.11. The van der Waals surface area contributed by atoms with Crippen LogP contribution < -0.4 is 5.32 Å². The van der Waals surface area contributed by atoms with Crippen molar-refractivity contribution in [3.05, 3.63) is 31.9 Å². The molecule has 0 aliphatic rings. The summed E-state index contributed by atoms with van der Waals surface area (Å²) in [4.78, 5) is 16.2. The number of hydrogen-bond donors (Lipinski definition) is 1. The van der Waals surface area contributed by atoms with Crippen LogP contribution in [0.3, 0.4) is 0 Å². The van der Waals surface area contributed by atoms with Gasteiger partial charge in [-0.25, -0.2) is 4.98 Å². The van der Waals surface area contributed by atoms with Crippen molar-refractivity contribution in [2.24, 2.45) is 0 Å². The van der Waals surface area contributed by atoms with E-state index in [1.165, 1.54) is 22.7 Å². The molecule has 90 valence electrons. The number of thiophene rings is 1. The SMILES string of the molecule is CC(C)c1csc(NC(=O)c2csc(Br)c2)n1. The smallest absolute Gasteiger partial charge is 0.258 e. The Labute approximate surface area is 116 Å². The Kier molecular flexibility index (Phi) is 3.96. The van der Waals surface area contributed by atoms with E-state index in [1.807, 2.05) is 10.8 Å². The van der Waals surface area contributed by atoms with E-state index in [2.05, 4.69) is 40.1 Å². The van der Waals surface area contributed by atoms with Crippen LogP contribution in [0.15, 0.2) is 20.6 Å². The lowest BCUT2D eigenvalue weighted by atomic mass is 10.2. The molecule has 0 unspecified atom stereocenters. The second-order valence-corrected chi connectivity index (χ2v) is 6.97. The topological polar surface area (TPSA) is 42.0 Å². The Hall–Kier alpha value is -0.720. The molecule has 0 fully saturated rings. The van der Waals surface area contributed by atoms with Crippen molar-refractivity contribution < 1.29 is 4.79 Å². The summed E-state index contributed by atoms with van der Waals surface area (Å²) < 4.78 is 0.949. The van der Waals surface area contributed by atoms with Gasteiger partial charge in [-0.1, -0.05) is 13.8 Å². The van der Waals surface area contributed by atoms with Crippen LogP contribution in [-0.4, -0.2) is 10.9 Å². The van der Waals surface area contributed by atoms with Gasteiger partial charge in [0.25, 0.3) is 5.91 Å².